The van der Waals surface area contributed by atoms with Crippen LogP contribution in [0.1, 0.15) is 54.5 Å². The molecule has 21 heavy (non-hydrogen) atoms. The van der Waals surface area contributed by atoms with Crippen LogP contribution in [0, 0.1) is 0 Å². The summed E-state index contributed by atoms with van der Waals surface area (Å²) in [6.45, 7) is 4.26. The minimum Gasteiger partial charge on any atom is -0.312 e. The van der Waals surface area contributed by atoms with E-state index in [0.717, 1.165) is 38.2 Å². The van der Waals surface area contributed by atoms with Crippen molar-refractivity contribution in [1.82, 2.24) is 20.1 Å². The Bertz CT molecular complexity index is 621. The first-order valence-corrected chi connectivity index (χ1v) is 8.10. The second-order valence-electron chi connectivity index (χ2n) is 6.24. The predicted octanol–water partition coefficient (Wildman–Crippen LogP) is 2.60. The highest BCUT2D eigenvalue weighted by atomic mass is 15.3. The highest BCUT2D eigenvalue weighted by Gasteiger charge is 2.31. The maximum atomic E-state index is 4.57. The van der Waals surface area contributed by atoms with Gasteiger partial charge >= 0.3 is 0 Å². The van der Waals surface area contributed by atoms with Crippen molar-refractivity contribution in [2.45, 2.75) is 51.1 Å². The SMILES string of the molecule is CCCC1NCCn2c(C3Cc4ccccc4C3)nnc21. The first-order valence-electron chi connectivity index (χ1n) is 8.10. The Kier molecular flexibility index (Phi) is 3.26. The molecule has 110 valence electrons. The van der Waals surface area contributed by atoms with E-state index >= 15 is 0 Å². The number of hydrogen-bond donors (Lipinski definition) is 1. The van der Waals surface area contributed by atoms with Crippen molar-refractivity contribution in [2.24, 2.45) is 0 Å². The Balaban J connectivity index is 1.63. The molecule has 1 unspecified atom stereocenters. The largest absolute Gasteiger partial charge is 0.312 e. The van der Waals surface area contributed by atoms with E-state index in [9.17, 15) is 0 Å². The van der Waals surface area contributed by atoms with Gasteiger partial charge in [0.25, 0.3) is 0 Å². The number of aromatic nitrogens is 3. The molecule has 4 rings (SSSR count). The summed E-state index contributed by atoms with van der Waals surface area (Å²) in [5, 5.41) is 12.7. The van der Waals surface area contributed by atoms with E-state index in [1.807, 2.05) is 0 Å². The zero-order valence-electron chi connectivity index (χ0n) is 12.5. The van der Waals surface area contributed by atoms with Gasteiger partial charge in [-0.2, -0.15) is 0 Å². The molecule has 1 aromatic heterocycles. The van der Waals surface area contributed by atoms with Gasteiger partial charge in [-0.1, -0.05) is 37.6 Å². The molecule has 1 aromatic carbocycles. The van der Waals surface area contributed by atoms with Crippen LogP contribution in [0.2, 0.25) is 0 Å². The standard InChI is InChI=1S/C17H22N4/c1-2-5-15-17-20-19-16(21(17)9-8-18-15)14-10-12-6-3-4-7-13(12)11-14/h3-4,6-7,14-15,18H,2,5,8-11H2,1H3. The molecule has 0 spiro atoms. The zero-order valence-corrected chi connectivity index (χ0v) is 12.5. The summed E-state index contributed by atoms with van der Waals surface area (Å²) < 4.78 is 2.38. The molecule has 0 fully saturated rings. The van der Waals surface area contributed by atoms with E-state index < -0.39 is 0 Å². The molecule has 1 aliphatic carbocycles. The van der Waals surface area contributed by atoms with Gasteiger partial charge in [0.15, 0.2) is 0 Å². The van der Waals surface area contributed by atoms with Crippen molar-refractivity contribution in [2.75, 3.05) is 6.54 Å². The Morgan fingerprint density at radius 3 is 2.57 bits per heavy atom. The number of rotatable bonds is 3. The highest BCUT2D eigenvalue weighted by Crippen LogP contribution is 2.34. The topological polar surface area (TPSA) is 42.7 Å². The number of nitrogens with one attached hydrogen (secondary N) is 1. The van der Waals surface area contributed by atoms with Gasteiger partial charge in [-0.15, -0.1) is 10.2 Å². The number of hydrogen-bond acceptors (Lipinski definition) is 3. The summed E-state index contributed by atoms with van der Waals surface area (Å²) in [7, 11) is 0. The molecule has 4 heteroatoms. The van der Waals surface area contributed by atoms with Crippen molar-refractivity contribution >= 4 is 0 Å². The van der Waals surface area contributed by atoms with E-state index in [1.54, 1.807) is 0 Å². The van der Waals surface area contributed by atoms with Crippen LogP contribution >= 0.6 is 0 Å². The Morgan fingerprint density at radius 1 is 1.14 bits per heavy atom. The van der Waals surface area contributed by atoms with Crippen molar-refractivity contribution in [3.8, 4) is 0 Å². The lowest BCUT2D eigenvalue weighted by Crippen LogP contribution is -2.34. The van der Waals surface area contributed by atoms with E-state index in [1.165, 1.54) is 23.4 Å². The fourth-order valence-electron chi connectivity index (χ4n) is 3.82. The van der Waals surface area contributed by atoms with Gasteiger partial charge in [-0.3, -0.25) is 0 Å². The van der Waals surface area contributed by atoms with Gasteiger partial charge in [0.1, 0.15) is 11.6 Å². The monoisotopic (exact) mass is 282 g/mol. The first-order chi connectivity index (χ1) is 10.4. The minimum absolute atomic E-state index is 0.383. The quantitative estimate of drug-likeness (QED) is 0.941. The van der Waals surface area contributed by atoms with Crippen molar-refractivity contribution < 1.29 is 0 Å². The number of benzene rings is 1. The number of fused-ring (bicyclic) bond motifs is 2. The van der Waals surface area contributed by atoms with E-state index in [4.69, 9.17) is 0 Å². The van der Waals surface area contributed by atoms with Crippen LogP contribution in [0.5, 0.6) is 0 Å². The minimum atomic E-state index is 0.383. The Morgan fingerprint density at radius 2 is 1.86 bits per heavy atom. The molecule has 0 saturated heterocycles. The normalized spacial score (nSPS) is 21.3. The summed E-state index contributed by atoms with van der Waals surface area (Å²) in [6, 6.07) is 9.17. The molecule has 0 bridgehead atoms. The Hall–Kier alpha value is -1.68. The molecule has 0 radical (unpaired) electrons. The van der Waals surface area contributed by atoms with Gasteiger partial charge in [0.05, 0.1) is 6.04 Å². The van der Waals surface area contributed by atoms with E-state index in [2.05, 4.69) is 51.3 Å². The van der Waals surface area contributed by atoms with Crippen LogP contribution in [0.25, 0.3) is 0 Å². The van der Waals surface area contributed by atoms with Crippen molar-refractivity contribution in [1.29, 1.82) is 0 Å². The zero-order chi connectivity index (χ0) is 14.2. The van der Waals surface area contributed by atoms with Crippen LogP contribution in [0.3, 0.4) is 0 Å². The average Bonchev–Trinajstić information content (AvgIpc) is 3.11. The van der Waals surface area contributed by atoms with Gasteiger partial charge < -0.3 is 9.88 Å². The third kappa shape index (κ3) is 2.18. The predicted molar refractivity (Wildman–Crippen MR) is 82.3 cm³/mol. The molecule has 1 aliphatic heterocycles. The van der Waals surface area contributed by atoms with Gasteiger partial charge in [0, 0.05) is 19.0 Å². The molecule has 2 aliphatic rings. The third-order valence-corrected chi connectivity index (χ3v) is 4.84. The molecule has 2 aromatic rings. The average molecular weight is 282 g/mol. The maximum Gasteiger partial charge on any atom is 0.150 e. The van der Waals surface area contributed by atoms with E-state index in [-0.39, 0.29) is 0 Å². The van der Waals surface area contributed by atoms with E-state index in [0.29, 0.717) is 12.0 Å². The smallest absolute Gasteiger partial charge is 0.150 e. The van der Waals surface area contributed by atoms with Crippen LogP contribution in [-0.2, 0) is 19.4 Å². The van der Waals surface area contributed by atoms with Crippen LogP contribution in [0.15, 0.2) is 24.3 Å². The van der Waals surface area contributed by atoms with Crippen LogP contribution in [0.4, 0.5) is 0 Å². The molecular weight excluding hydrogens is 260 g/mol. The lowest BCUT2D eigenvalue weighted by Gasteiger charge is -2.25. The van der Waals surface area contributed by atoms with Crippen LogP contribution < -0.4 is 5.32 Å². The molecule has 0 amide bonds. The molecule has 1 N–H and O–H groups in total. The van der Waals surface area contributed by atoms with Gasteiger partial charge in [-0.05, 0) is 30.4 Å². The fourth-order valence-corrected chi connectivity index (χ4v) is 3.82. The second-order valence-corrected chi connectivity index (χ2v) is 6.24. The molecular formula is C17H22N4. The fraction of sp³-hybridized carbons (Fsp3) is 0.529. The van der Waals surface area contributed by atoms with Gasteiger partial charge in [-0.25, -0.2) is 0 Å². The first kappa shape index (κ1) is 13.0. The maximum absolute atomic E-state index is 4.57. The molecule has 1 atom stereocenters. The summed E-state index contributed by atoms with van der Waals surface area (Å²) in [5.74, 6) is 2.85. The summed E-state index contributed by atoms with van der Waals surface area (Å²) in [4.78, 5) is 0. The van der Waals surface area contributed by atoms with Crippen molar-refractivity contribution in [3.63, 3.8) is 0 Å². The highest BCUT2D eigenvalue weighted by molar-refractivity contribution is 5.35. The Labute approximate surface area is 125 Å². The summed E-state index contributed by atoms with van der Waals surface area (Å²) in [5.41, 5.74) is 2.97. The summed E-state index contributed by atoms with van der Waals surface area (Å²) >= 11 is 0. The molecule has 2 heterocycles. The lowest BCUT2D eigenvalue weighted by molar-refractivity contribution is 0.384. The van der Waals surface area contributed by atoms with Crippen LogP contribution in [-0.4, -0.2) is 21.3 Å². The third-order valence-electron chi connectivity index (χ3n) is 4.84. The second kappa shape index (κ2) is 5.26. The van der Waals surface area contributed by atoms with Crippen molar-refractivity contribution in [3.05, 3.63) is 47.0 Å². The molecule has 4 nitrogen and oxygen atoms in total. The molecule has 0 saturated carbocycles. The number of nitrogens with zero attached hydrogens (tertiary/aromatic N) is 3. The lowest BCUT2D eigenvalue weighted by atomic mass is 10.0. The summed E-state index contributed by atoms with van der Waals surface area (Å²) in [6.07, 6.45) is 4.54. The van der Waals surface area contributed by atoms with Gasteiger partial charge in [0.2, 0.25) is 0 Å².